The van der Waals surface area contributed by atoms with Crippen molar-refractivity contribution in [3.05, 3.63) is 23.8 Å². The minimum atomic E-state index is -0.343. The zero-order valence-electron chi connectivity index (χ0n) is 10.3. The smallest absolute Gasteiger partial charge is 0.313 e. The van der Waals surface area contributed by atoms with Crippen LogP contribution in [0.15, 0.2) is 18.2 Å². The number of carbonyl (C=O) groups is 1. The van der Waals surface area contributed by atoms with Gasteiger partial charge in [-0.2, -0.15) is 0 Å². The monoisotopic (exact) mass is 251 g/mol. The van der Waals surface area contributed by atoms with Crippen LogP contribution in [0.4, 0.5) is 0 Å². The van der Waals surface area contributed by atoms with Crippen LogP contribution in [-0.4, -0.2) is 25.9 Å². The quantitative estimate of drug-likeness (QED) is 0.801. The summed E-state index contributed by atoms with van der Waals surface area (Å²) in [7, 11) is 0. The predicted octanol–water partition coefficient (Wildman–Crippen LogP) is 1.41. The first kappa shape index (κ1) is 12.7. The Kier molecular flexibility index (Phi) is 4.04. The van der Waals surface area contributed by atoms with E-state index in [2.05, 4.69) is 0 Å². The van der Waals surface area contributed by atoms with Gasteiger partial charge in [-0.3, -0.25) is 4.79 Å². The fraction of sp³-hybridized carbons (Fsp3) is 0.462. The highest BCUT2D eigenvalue weighted by atomic mass is 16.7. The minimum absolute atomic E-state index is 0.222. The van der Waals surface area contributed by atoms with Crippen molar-refractivity contribution >= 4 is 5.97 Å². The lowest BCUT2D eigenvalue weighted by Gasteiger charge is -2.15. The molecule has 0 fully saturated rings. The van der Waals surface area contributed by atoms with E-state index in [0.29, 0.717) is 31.1 Å². The van der Waals surface area contributed by atoms with Crippen LogP contribution >= 0.6 is 0 Å². The second-order valence-electron chi connectivity index (χ2n) is 3.99. The van der Waals surface area contributed by atoms with Crippen LogP contribution < -0.4 is 15.2 Å². The van der Waals surface area contributed by atoms with E-state index in [4.69, 9.17) is 19.9 Å². The van der Waals surface area contributed by atoms with Crippen molar-refractivity contribution in [3.8, 4) is 11.5 Å². The lowest BCUT2D eigenvalue weighted by atomic mass is 9.95. The van der Waals surface area contributed by atoms with Crippen LogP contribution in [0.2, 0.25) is 0 Å². The number of hydrogen-bond donors (Lipinski definition) is 1. The van der Waals surface area contributed by atoms with E-state index in [1.165, 1.54) is 0 Å². The molecule has 0 bridgehead atoms. The van der Waals surface area contributed by atoms with Gasteiger partial charge < -0.3 is 19.9 Å². The molecule has 98 valence electrons. The molecule has 1 heterocycles. The number of nitrogens with two attached hydrogens (primary N) is 1. The summed E-state index contributed by atoms with van der Waals surface area (Å²) >= 11 is 0. The topological polar surface area (TPSA) is 70.8 Å². The van der Waals surface area contributed by atoms with Gasteiger partial charge in [0.25, 0.3) is 0 Å². The van der Waals surface area contributed by atoms with E-state index in [1.807, 2.05) is 12.1 Å². The molecule has 0 aromatic heterocycles. The normalized spacial score (nSPS) is 14.3. The first-order valence-corrected chi connectivity index (χ1v) is 6.02. The van der Waals surface area contributed by atoms with Crippen LogP contribution in [0.5, 0.6) is 11.5 Å². The summed E-state index contributed by atoms with van der Waals surface area (Å²) in [5.41, 5.74) is 6.40. The molecule has 1 aromatic carbocycles. The molecule has 0 saturated heterocycles. The number of carbonyl (C=O) groups excluding carboxylic acids is 1. The fourth-order valence-electron chi connectivity index (χ4n) is 1.96. The molecule has 1 unspecified atom stereocenters. The Bertz CT molecular complexity index is 433. The van der Waals surface area contributed by atoms with E-state index >= 15 is 0 Å². The molecule has 2 N–H and O–H groups in total. The molecule has 1 aliphatic heterocycles. The summed E-state index contributed by atoms with van der Waals surface area (Å²) in [6, 6.07) is 5.48. The van der Waals surface area contributed by atoms with Gasteiger partial charge in [-0.25, -0.2) is 0 Å². The molecule has 1 aliphatic rings. The van der Waals surface area contributed by atoms with Gasteiger partial charge in [-0.15, -0.1) is 0 Å². The van der Waals surface area contributed by atoms with Crippen LogP contribution in [0.1, 0.15) is 24.8 Å². The number of rotatable bonds is 5. The Balaban J connectivity index is 2.22. The van der Waals surface area contributed by atoms with Gasteiger partial charge in [0, 0.05) is 0 Å². The zero-order valence-corrected chi connectivity index (χ0v) is 10.3. The van der Waals surface area contributed by atoms with Gasteiger partial charge in [-0.05, 0) is 37.6 Å². The van der Waals surface area contributed by atoms with Crippen molar-refractivity contribution in [2.45, 2.75) is 19.3 Å². The highest BCUT2D eigenvalue weighted by molar-refractivity contribution is 5.78. The number of fused-ring (bicyclic) bond motifs is 1. The van der Waals surface area contributed by atoms with Gasteiger partial charge in [0.1, 0.15) is 0 Å². The minimum Gasteiger partial charge on any atom is -0.466 e. The SMILES string of the molecule is CCOC(=O)C(CCN)c1ccc2c(c1)OCO2. The fourth-order valence-corrected chi connectivity index (χ4v) is 1.96. The first-order valence-electron chi connectivity index (χ1n) is 6.02. The molecule has 5 nitrogen and oxygen atoms in total. The van der Waals surface area contributed by atoms with Crippen LogP contribution in [-0.2, 0) is 9.53 Å². The average Bonchev–Trinajstić information content (AvgIpc) is 2.83. The van der Waals surface area contributed by atoms with E-state index < -0.39 is 0 Å². The number of esters is 1. The molecule has 0 spiro atoms. The van der Waals surface area contributed by atoms with E-state index in [-0.39, 0.29) is 18.7 Å². The summed E-state index contributed by atoms with van der Waals surface area (Å²) < 4.78 is 15.6. The highest BCUT2D eigenvalue weighted by Crippen LogP contribution is 2.35. The number of benzene rings is 1. The molecular formula is C13H17NO4. The van der Waals surface area contributed by atoms with Crippen molar-refractivity contribution in [2.24, 2.45) is 5.73 Å². The second-order valence-corrected chi connectivity index (χ2v) is 3.99. The average molecular weight is 251 g/mol. The Labute approximate surface area is 106 Å². The Morgan fingerprint density at radius 3 is 2.94 bits per heavy atom. The molecule has 1 aromatic rings. The Hall–Kier alpha value is -1.75. The second kappa shape index (κ2) is 5.73. The molecule has 5 heteroatoms. The third-order valence-electron chi connectivity index (χ3n) is 2.83. The molecule has 1 atom stereocenters. The van der Waals surface area contributed by atoms with Gasteiger partial charge in [0.05, 0.1) is 12.5 Å². The van der Waals surface area contributed by atoms with Crippen LogP contribution in [0.3, 0.4) is 0 Å². The number of hydrogen-bond acceptors (Lipinski definition) is 5. The number of ether oxygens (including phenoxy) is 3. The maximum atomic E-state index is 11.9. The van der Waals surface area contributed by atoms with Gasteiger partial charge in [-0.1, -0.05) is 6.07 Å². The summed E-state index contributed by atoms with van der Waals surface area (Å²) in [5.74, 6) is 0.777. The van der Waals surface area contributed by atoms with Gasteiger partial charge in [0.15, 0.2) is 11.5 Å². The van der Waals surface area contributed by atoms with Crippen LogP contribution in [0, 0.1) is 0 Å². The largest absolute Gasteiger partial charge is 0.466 e. The van der Waals surface area contributed by atoms with Crippen molar-refractivity contribution < 1.29 is 19.0 Å². The predicted molar refractivity (Wildman–Crippen MR) is 65.6 cm³/mol. The first-order chi connectivity index (χ1) is 8.76. The van der Waals surface area contributed by atoms with E-state index in [9.17, 15) is 4.79 Å². The maximum Gasteiger partial charge on any atom is 0.313 e. The zero-order chi connectivity index (χ0) is 13.0. The van der Waals surface area contributed by atoms with Crippen molar-refractivity contribution in [3.63, 3.8) is 0 Å². The van der Waals surface area contributed by atoms with Gasteiger partial charge in [0.2, 0.25) is 6.79 Å². The standard InChI is InChI=1S/C13H17NO4/c1-2-16-13(15)10(5-6-14)9-3-4-11-12(7-9)18-8-17-11/h3-4,7,10H,2,5-6,8,14H2,1H3. The van der Waals surface area contributed by atoms with E-state index in [0.717, 1.165) is 5.56 Å². The van der Waals surface area contributed by atoms with Gasteiger partial charge >= 0.3 is 5.97 Å². The Morgan fingerprint density at radius 1 is 1.44 bits per heavy atom. The summed E-state index contributed by atoms with van der Waals surface area (Å²) in [6.45, 7) is 2.80. The molecule has 0 amide bonds. The molecule has 2 rings (SSSR count). The summed E-state index contributed by atoms with van der Waals surface area (Å²) in [5, 5.41) is 0. The summed E-state index contributed by atoms with van der Waals surface area (Å²) in [4.78, 5) is 11.9. The Morgan fingerprint density at radius 2 is 2.22 bits per heavy atom. The van der Waals surface area contributed by atoms with E-state index in [1.54, 1.807) is 13.0 Å². The third kappa shape index (κ3) is 2.56. The molecular weight excluding hydrogens is 234 g/mol. The van der Waals surface area contributed by atoms with Crippen molar-refractivity contribution in [1.82, 2.24) is 0 Å². The maximum absolute atomic E-state index is 11.9. The highest BCUT2D eigenvalue weighted by Gasteiger charge is 2.24. The van der Waals surface area contributed by atoms with Crippen molar-refractivity contribution in [1.29, 1.82) is 0 Å². The van der Waals surface area contributed by atoms with Crippen LogP contribution in [0.25, 0.3) is 0 Å². The summed E-state index contributed by atoms with van der Waals surface area (Å²) in [6.07, 6.45) is 0.554. The molecule has 0 radical (unpaired) electrons. The molecule has 0 aliphatic carbocycles. The lowest BCUT2D eigenvalue weighted by Crippen LogP contribution is -2.19. The molecule has 18 heavy (non-hydrogen) atoms. The molecule has 0 saturated carbocycles. The third-order valence-corrected chi connectivity index (χ3v) is 2.83. The lowest BCUT2D eigenvalue weighted by molar-refractivity contribution is -0.145. The van der Waals surface area contributed by atoms with Crippen molar-refractivity contribution in [2.75, 3.05) is 19.9 Å².